The summed E-state index contributed by atoms with van der Waals surface area (Å²) in [7, 11) is 0. The molecule has 1 atom stereocenters. The van der Waals surface area contributed by atoms with Crippen molar-refractivity contribution in [3.05, 3.63) is 28.8 Å². The zero-order chi connectivity index (χ0) is 12.6. The molecule has 1 amide bonds. The van der Waals surface area contributed by atoms with Crippen molar-refractivity contribution in [2.45, 2.75) is 13.0 Å². The lowest BCUT2D eigenvalue weighted by Crippen LogP contribution is -2.32. The number of hydrogen-bond donors (Lipinski definition) is 1. The lowest BCUT2D eigenvalue weighted by atomic mass is 10.1. The van der Waals surface area contributed by atoms with Crippen molar-refractivity contribution in [3.8, 4) is 0 Å². The molecule has 1 aromatic rings. The maximum absolute atomic E-state index is 11.6. The monoisotopic (exact) mass is 255 g/mol. The van der Waals surface area contributed by atoms with Gasteiger partial charge in [0.25, 0.3) is 0 Å². The highest BCUT2D eigenvalue weighted by Crippen LogP contribution is 2.33. The molecule has 0 radical (unpaired) electrons. The van der Waals surface area contributed by atoms with Crippen LogP contribution in [0.25, 0.3) is 0 Å². The Balaban J connectivity index is 2.57. The van der Waals surface area contributed by atoms with E-state index in [1.165, 1.54) is 17.0 Å². The molecule has 1 heterocycles. The highest BCUT2D eigenvalue weighted by atomic mass is 35.5. The maximum Gasteiger partial charge on any atom is 0.414 e. The summed E-state index contributed by atoms with van der Waals surface area (Å²) in [5.74, 6) is -1.13. The van der Waals surface area contributed by atoms with E-state index in [2.05, 4.69) is 0 Å². The fourth-order valence-electron chi connectivity index (χ4n) is 1.76. The molecule has 1 fully saturated rings. The summed E-state index contributed by atoms with van der Waals surface area (Å²) < 4.78 is 4.86. The van der Waals surface area contributed by atoms with Crippen LogP contribution in [0.3, 0.4) is 0 Å². The summed E-state index contributed by atoms with van der Waals surface area (Å²) in [6.07, 6.45) is -0.576. The van der Waals surface area contributed by atoms with Gasteiger partial charge in [-0.1, -0.05) is 17.7 Å². The molecule has 1 aliphatic rings. The van der Waals surface area contributed by atoms with Gasteiger partial charge in [-0.3, -0.25) is 4.90 Å². The van der Waals surface area contributed by atoms with E-state index in [1.54, 1.807) is 13.0 Å². The Morgan fingerprint density at radius 1 is 1.59 bits per heavy atom. The Kier molecular flexibility index (Phi) is 2.93. The second-order valence-electron chi connectivity index (χ2n) is 3.74. The average molecular weight is 256 g/mol. The van der Waals surface area contributed by atoms with Crippen LogP contribution in [-0.4, -0.2) is 29.8 Å². The van der Waals surface area contributed by atoms with E-state index >= 15 is 0 Å². The normalized spacial score (nSPS) is 19.3. The number of anilines is 1. The number of cyclic esters (lactones) is 1. The molecule has 1 aromatic carbocycles. The van der Waals surface area contributed by atoms with Crippen molar-refractivity contribution in [3.63, 3.8) is 0 Å². The average Bonchev–Trinajstić information content (AvgIpc) is 2.59. The molecular formula is C11H10ClNO4. The van der Waals surface area contributed by atoms with Crippen LogP contribution < -0.4 is 4.90 Å². The van der Waals surface area contributed by atoms with Crippen molar-refractivity contribution in [1.82, 2.24) is 0 Å². The van der Waals surface area contributed by atoms with E-state index in [1.807, 2.05) is 0 Å². The number of aromatic carboxylic acids is 1. The second-order valence-corrected chi connectivity index (χ2v) is 4.14. The SMILES string of the molecule is CC1COC(=O)N1c1c(Cl)cccc1C(=O)O. The van der Waals surface area contributed by atoms with Gasteiger partial charge >= 0.3 is 12.1 Å². The first-order valence-electron chi connectivity index (χ1n) is 5.00. The molecule has 17 heavy (non-hydrogen) atoms. The van der Waals surface area contributed by atoms with Crippen LogP contribution in [-0.2, 0) is 4.74 Å². The van der Waals surface area contributed by atoms with Gasteiger partial charge < -0.3 is 9.84 Å². The molecule has 6 heteroatoms. The van der Waals surface area contributed by atoms with Crippen LogP contribution in [0.2, 0.25) is 5.02 Å². The van der Waals surface area contributed by atoms with Crippen LogP contribution in [0.4, 0.5) is 10.5 Å². The number of amides is 1. The number of hydrogen-bond acceptors (Lipinski definition) is 3. The van der Waals surface area contributed by atoms with Gasteiger partial charge in [-0.05, 0) is 19.1 Å². The Morgan fingerprint density at radius 3 is 2.82 bits per heavy atom. The summed E-state index contributed by atoms with van der Waals surface area (Å²) in [6.45, 7) is 1.99. The lowest BCUT2D eigenvalue weighted by molar-refractivity contribution is 0.0697. The molecule has 2 rings (SSSR count). The van der Waals surface area contributed by atoms with Gasteiger partial charge in [-0.15, -0.1) is 0 Å². The second kappa shape index (κ2) is 4.25. The minimum atomic E-state index is -1.13. The molecule has 0 spiro atoms. The Labute approximate surface area is 103 Å². The van der Waals surface area contributed by atoms with Gasteiger partial charge in [0.1, 0.15) is 6.61 Å². The van der Waals surface area contributed by atoms with Crippen molar-refractivity contribution in [2.24, 2.45) is 0 Å². The van der Waals surface area contributed by atoms with Crippen molar-refractivity contribution < 1.29 is 19.4 Å². The number of halogens is 1. The smallest absolute Gasteiger partial charge is 0.414 e. The van der Waals surface area contributed by atoms with Gasteiger partial charge in [0.05, 0.1) is 22.3 Å². The van der Waals surface area contributed by atoms with Crippen molar-refractivity contribution >= 4 is 29.4 Å². The predicted octanol–water partition coefficient (Wildman–Crippen LogP) is 2.38. The molecule has 1 aliphatic heterocycles. The molecule has 0 aromatic heterocycles. The summed E-state index contributed by atoms with van der Waals surface area (Å²) in [4.78, 5) is 23.9. The summed E-state index contributed by atoms with van der Waals surface area (Å²) in [5, 5.41) is 9.30. The third-order valence-corrected chi connectivity index (χ3v) is 2.85. The van der Waals surface area contributed by atoms with Crippen LogP contribution in [0.15, 0.2) is 18.2 Å². The largest absolute Gasteiger partial charge is 0.478 e. The van der Waals surface area contributed by atoms with Gasteiger partial charge in [0.2, 0.25) is 0 Å². The molecular weight excluding hydrogens is 246 g/mol. The van der Waals surface area contributed by atoms with E-state index in [4.69, 9.17) is 21.4 Å². The first kappa shape index (κ1) is 11.7. The summed E-state index contributed by atoms with van der Waals surface area (Å²) >= 11 is 5.97. The number of benzene rings is 1. The number of ether oxygens (including phenoxy) is 1. The number of carboxylic acids is 1. The number of rotatable bonds is 2. The molecule has 1 unspecified atom stereocenters. The fraction of sp³-hybridized carbons (Fsp3) is 0.273. The number of nitrogens with zero attached hydrogens (tertiary/aromatic N) is 1. The van der Waals surface area contributed by atoms with Gasteiger partial charge in [-0.25, -0.2) is 9.59 Å². The van der Waals surface area contributed by atoms with Crippen LogP contribution in [0.5, 0.6) is 0 Å². The molecule has 5 nitrogen and oxygen atoms in total. The fourth-order valence-corrected chi connectivity index (χ4v) is 2.03. The quantitative estimate of drug-likeness (QED) is 0.881. The molecule has 1 N–H and O–H groups in total. The molecule has 1 saturated heterocycles. The zero-order valence-corrected chi connectivity index (χ0v) is 9.77. The first-order chi connectivity index (χ1) is 8.02. The van der Waals surface area contributed by atoms with E-state index in [0.717, 1.165) is 0 Å². The van der Waals surface area contributed by atoms with Crippen LogP contribution in [0, 0.1) is 0 Å². The van der Waals surface area contributed by atoms with Gasteiger partial charge in [-0.2, -0.15) is 0 Å². The third kappa shape index (κ3) is 1.93. The van der Waals surface area contributed by atoms with Crippen LogP contribution in [0.1, 0.15) is 17.3 Å². The molecule has 0 aliphatic carbocycles. The number of carboxylic acid groups (broad SMARTS) is 1. The number of carbonyl (C=O) groups is 2. The predicted molar refractivity (Wildman–Crippen MR) is 61.7 cm³/mol. The zero-order valence-electron chi connectivity index (χ0n) is 9.01. The molecule has 0 saturated carbocycles. The van der Waals surface area contributed by atoms with E-state index < -0.39 is 12.1 Å². The minimum Gasteiger partial charge on any atom is -0.478 e. The van der Waals surface area contributed by atoms with E-state index in [0.29, 0.717) is 0 Å². The summed E-state index contributed by atoms with van der Waals surface area (Å²) in [5.41, 5.74) is 0.180. The topological polar surface area (TPSA) is 66.8 Å². The first-order valence-corrected chi connectivity index (χ1v) is 5.38. The van der Waals surface area contributed by atoms with Gasteiger partial charge in [0.15, 0.2) is 0 Å². The van der Waals surface area contributed by atoms with Crippen molar-refractivity contribution in [2.75, 3.05) is 11.5 Å². The minimum absolute atomic E-state index is 0.0109. The Hall–Kier alpha value is -1.75. The standard InChI is InChI=1S/C11H10ClNO4/c1-6-5-17-11(16)13(6)9-7(10(14)15)3-2-4-8(9)12/h2-4,6H,5H2,1H3,(H,14,15). The molecule has 90 valence electrons. The maximum atomic E-state index is 11.6. The number of carbonyl (C=O) groups excluding carboxylic acids is 1. The van der Waals surface area contributed by atoms with Crippen LogP contribution >= 0.6 is 11.6 Å². The van der Waals surface area contributed by atoms with E-state index in [-0.39, 0.29) is 28.9 Å². The van der Waals surface area contributed by atoms with Gasteiger partial charge in [0, 0.05) is 0 Å². The summed E-state index contributed by atoms with van der Waals surface area (Å²) in [6, 6.07) is 4.24. The molecule has 0 bridgehead atoms. The third-order valence-electron chi connectivity index (χ3n) is 2.54. The van der Waals surface area contributed by atoms with Crippen molar-refractivity contribution in [1.29, 1.82) is 0 Å². The van der Waals surface area contributed by atoms with E-state index in [9.17, 15) is 9.59 Å². The lowest BCUT2D eigenvalue weighted by Gasteiger charge is -2.21. The number of para-hydroxylation sites is 1. The Bertz CT molecular complexity index is 488. The highest BCUT2D eigenvalue weighted by molar-refractivity contribution is 6.34. The highest BCUT2D eigenvalue weighted by Gasteiger charge is 2.34. The Morgan fingerprint density at radius 2 is 2.29 bits per heavy atom.